The van der Waals surface area contributed by atoms with Crippen molar-refractivity contribution in [3.63, 3.8) is 0 Å². The summed E-state index contributed by atoms with van der Waals surface area (Å²) in [5.74, 6) is 4.43. The highest BCUT2D eigenvalue weighted by Gasteiger charge is 2.04. The maximum atomic E-state index is 4.58. The van der Waals surface area contributed by atoms with Gasteiger partial charge in [-0.2, -0.15) is 62.3 Å². The lowest BCUT2D eigenvalue weighted by atomic mass is 10.2. The molecule has 0 radical (unpaired) electrons. The van der Waals surface area contributed by atoms with Gasteiger partial charge < -0.3 is 0 Å². The second-order valence-electron chi connectivity index (χ2n) is 4.23. The third-order valence-corrected chi connectivity index (χ3v) is 5.30. The standard InChI is InChI=1S/C12H26S5/c13-7-1-3-11(15)5-9-17-10-6-12(16)4-2-8-14/h11-16H,1-10H2. The summed E-state index contributed by atoms with van der Waals surface area (Å²) >= 11 is 19.6. The lowest BCUT2D eigenvalue weighted by molar-refractivity contribution is 0.727. The maximum absolute atomic E-state index is 4.58. The van der Waals surface area contributed by atoms with Crippen LogP contribution in [0, 0.1) is 0 Å². The molecular weight excluding hydrogens is 304 g/mol. The van der Waals surface area contributed by atoms with Crippen molar-refractivity contribution in [3.05, 3.63) is 0 Å². The summed E-state index contributed by atoms with van der Waals surface area (Å²) in [6, 6.07) is 0. The largest absolute Gasteiger partial charge is 0.179 e. The summed E-state index contributed by atoms with van der Waals surface area (Å²) < 4.78 is 0. The summed E-state index contributed by atoms with van der Waals surface area (Å²) in [6.45, 7) is 0. The lowest BCUT2D eigenvalue weighted by Gasteiger charge is -2.11. The van der Waals surface area contributed by atoms with Crippen LogP contribution in [-0.4, -0.2) is 33.5 Å². The molecular formula is C12H26S5. The summed E-state index contributed by atoms with van der Waals surface area (Å²) in [5, 5.41) is 1.12. The topological polar surface area (TPSA) is 0 Å². The van der Waals surface area contributed by atoms with Gasteiger partial charge in [0.2, 0.25) is 0 Å². The molecule has 17 heavy (non-hydrogen) atoms. The molecule has 0 heterocycles. The van der Waals surface area contributed by atoms with E-state index in [0.717, 1.165) is 11.5 Å². The average Bonchev–Trinajstić information content (AvgIpc) is 2.33. The minimum Gasteiger partial charge on any atom is -0.179 e. The van der Waals surface area contributed by atoms with E-state index in [1.807, 2.05) is 11.8 Å². The van der Waals surface area contributed by atoms with Crippen molar-refractivity contribution in [1.82, 2.24) is 0 Å². The molecule has 0 rings (SSSR count). The van der Waals surface area contributed by atoms with E-state index in [4.69, 9.17) is 0 Å². The molecule has 0 saturated carbocycles. The number of rotatable bonds is 12. The third kappa shape index (κ3) is 14.0. The van der Waals surface area contributed by atoms with Crippen molar-refractivity contribution in [1.29, 1.82) is 0 Å². The summed E-state index contributed by atoms with van der Waals surface area (Å²) in [5.41, 5.74) is 0. The molecule has 104 valence electrons. The van der Waals surface area contributed by atoms with E-state index >= 15 is 0 Å². The third-order valence-electron chi connectivity index (χ3n) is 2.58. The predicted molar refractivity (Wildman–Crippen MR) is 98.3 cm³/mol. The number of hydrogen-bond donors (Lipinski definition) is 4. The second kappa shape index (κ2) is 14.2. The first-order valence-corrected chi connectivity index (χ1v) is 9.81. The van der Waals surface area contributed by atoms with Crippen LogP contribution in [0.5, 0.6) is 0 Å². The van der Waals surface area contributed by atoms with E-state index in [1.54, 1.807) is 0 Å². The molecule has 0 fully saturated rings. The van der Waals surface area contributed by atoms with Crippen LogP contribution in [0.15, 0.2) is 0 Å². The SMILES string of the molecule is SCCCC(S)CCSCCC(S)CCCS. The molecule has 0 aromatic rings. The molecule has 0 aliphatic rings. The van der Waals surface area contributed by atoms with Crippen LogP contribution < -0.4 is 0 Å². The molecule has 0 aliphatic heterocycles. The Morgan fingerprint density at radius 2 is 1.12 bits per heavy atom. The Labute approximate surface area is 133 Å². The van der Waals surface area contributed by atoms with Gasteiger partial charge in [-0.25, -0.2) is 0 Å². The predicted octanol–water partition coefficient (Wildman–Crippen LogP) is 4.52. The minimum absolute atomic E-state index is 0.561. The van der Waals surface area contributed by atoms with Crippen LogP contribution in [0.2, 0.25) is 0 Å². The Hall–Kier alpha value is 1.75. The van der Waals surface area contributed by atoms with Crippen molar-refractivity contribution in [3.8, 4) is 0 Å². The Kier molecular flexibility index (Phi) is 15.6. The fourth-order valence-corrected chi connectivity index (χ4v) is 3.93. The second-order valence-corrected chi connectivity index (χ2v) is 7.81. The highest BCUT2D eigenvalue weighted by atomic mass is 32.2. The molecule has 5 heteroatoms. The number of thioether (sulfide) groups is 1. The monoisotopic (exact) mass is 330 g/mol. The van der Waals surface area contributed by atoms with Gasteiger partial charge in [0.15, 0.2) is 0 Å². The molecule has 0 nitrogen and oxygen atoms in total. The number of hydrogen-bond acceptors (Lipinski definition) is 5. The van der Waals surface area contributed by atoms with Gasteiger partial charge in [-0.05, 0) is 61.5 Å². The van der Waals surface area contributed by atoms with E-state index in [2.05, 4.69) is 50.5 Å². The van der Waals surface area contributed by atoms with E-state index < -0.39 is 0 Å². The van der Waals surface area contributed by atoms with Gasteiger partial charge in [-0.1, -0.05) is 0 Å². The van der Waals surface area contributed by atoms with Crippen molar-refractivity contribution >= 4 is 62.3 Å². The summed E-state index contributed by atoms with van der Waals surface area (Å²) in [6.07, 6.45) is 7.20. The quantitative estimate of drug-likeness (QED) is 0.301. The first kappa shape index (κ1) is 18.8. The fourth-order valence-electron chi connectivity index (χ4n) is 1.48. The van der Waals surface area contributed by atoms with E-state index in [9.17, 15) is 0 Å². The molecule has 0 bridgehead atoms. The Morgan fingerprint density at radius 1 is 0.706 bits per heavy atom. The first-order valence-electron chi connectivity index (χ1n) is 6.36. The van der Waals surface area contributed by atoms with Gasteiger partial charge in [0, 0.05) is 10.5 Å². The molecule has 0 saturated heterocycles. The molecule has 0 N–H and O–H groups in total. The van der Waals surface area contributed by atoms with Crippen LogP contribution >= 0.6 is 62.3 Å². The van der Waals surface area contributed by atoms with Crippen molar-refractivity contribution < 1.29 is 0 Å². The fraction of sp³-hybridized carbons (Fsp3) is 1.00. The van der Waals surface area contributed by atoms with Gasteiger partial charge >= 0.3 is 0 Å². The van der Waals surface area contributed by atoms with Crippen LogP contribution in [-0.2, 0) is 0 Å². The van der Waals surface area contributed by atoms with Gasteiger partial charge in [0.05, 0.1) is 0 Å². The zero-order valence-electron chi connectivity index (χ0n) is 10.4. The lowest BCUT2D eigenvalue weighted by Crippen LogP contribution is -2.03. The molecule has 0 spiro atoms. The summed E-state index contributed by atoms with van der Waals surface area (Å²) in [7, 11) is 0. The van der Waals surface area contributed by atoms with Gasteiger partial charge in [0.25, 0.3) is 0 Å². The van der Waals surface area contributed by atoms with Crippen molar-refractivity contribution in [2.75, 3.05) is 23.0 Å². The van der Waals surface area contributed by atoms with Gasteiger partial charge in [-0.3, -0.25) is 0 Å². The zero-order chi connectivity index (χ0) is 12.9. The zero-order valence-corrected chi connectivity index (χ0v) is 14.8. The van der Waals surface area contributed by atoms with Crippen LogP contribution in [0.25, 0.3) is 0 Å². The summed E-state index contributed by atoms with van der Waals surface area (Å²) in [4.78, 5) is 0. The first-order chi connectivity index (χ1) is 8.20. The number of thiol groups is 4. The van der Waals surface area contributed by atoms with E-state index in [-0.39, 0.29) is 0 Å². The minimum atomic E-state index is 0.561. The molecule has 0 aromatic carbocycles. The molecule has 2 atom stereocenters. The van der Waals surface area contributed by atoms with E-state index in [0.29, 0.717) is 10.5 Å². The van der Waals surface area contributed by atoms with Gasteiger partial charge in [0.1, 0.15) is 0 Å². The van der Waals surface area contributed by atoms with Crippen LogP contribution in [0.4, 0.5) is 0 Å². The van der Waals surface area contributed by atoms with Crippen LogP contribution in [0.1, 0.15) is 38.5 Å². The van der Waals surface area contributed by atoms with Crippen LogP contribution in [0.3, 0.4) is 0 Å². The molecule has 0 aromatic heterocycles. The average molecular weight is 331 g/mol. The maximum Gasteiger partial charge on any atom is 0.00249 e. The highest BCUT2D eigenvalue weighted by molar-refractivity contribution is 7.99. The Bertz CT molecular complexity index is 138. The molecule has 2 unspecified atom stereocenters. The molecule has 0 aliphatic carbocycles. The van der Waals surface area contributed by atoms with Crippen molar-refractivity contribution in [2.45, 2.75) is 49.0 Å². The smallest absolute Gasteiger partial charge is 0.00249 e. The highest BCUT2D eigenvalue weighted by Crippen LogP contribution is 2.17. The normalized spacial score (nSPS) is 14.8. The Morgan fingerprint density at radius 3 is 1.47 bits per heavy atom. The Balaban J connectivity index is 3.22. The van der Waals surface area contributed by atoms with Gasteiger partial charge in [-0.15, -0.1) is 0 Å². The van der Waals surface area contributed by atoms with Crippen molar-refractivity contribution in [2.24, 2.45) is 0 Å². The molecule has 0 amide bonds. The van der Waals surface area contributed by atoms with E-state index in [1.165, 1.54) is 50.0 Å².